The minimum Gasteiger partial charge on any atom is -0.394 e. The molecule has 0 saturated carbocycles. The molecule has 0 aliphatic carbocycles. The zero-order valence-corrected chi connectivity index (χ0v) is 9.70. The quantitative estimate of drug-likeness (QED) is 0.715. The number of nitrogens with two attached hydrogens (primary N) is 1. The maximum atomic E-state index is 12.1. The van der Waals surface area contributed by atoms with Crippen LogP contribution in [0, 0.1) is 0 Å². The van der Waals surface area contributed by atoms with Crippen LogP contribution in [0.4, 0.5) is 0 Å². The van der Waals surface area contributed by atoms with Gasteiger partial charge in [-0.15, -0.1) is 0 Å². The van der Waals surface area contributed by atoms with Gasteiger partial charge in [0.05, 0.1) is 18.2 Å². The van der Waals surface area contributed by atoms with Crippen molar-refractivity contribution in [3.63, 3.8) is 0 Å². The van der Waals surface area contributed by atoms with Gasteiger partial charge in [0.15, 0.2) is 0 Å². The third kappa shape index (κ3) is 2.69. The summed E-state index contributed by atoms with van der Waals surface area (Å²) in [7, 11) is 0. The molecule has 0 radical (unpaired) electrons. The second-order valence-electron chi connectivity index (χ2n) is 4.64. The van der Waals surface area contributed by atoms with Crippen LogP contribution in [0.2, 0.25) is 0 Å². The molecule has 1 saturated heterocycles. The minimum atomic E-state index is -0.771. The van der Waals surface area contributed by atoms with Crippen molar-refractivity contribution in [1.82, 2.24) is 4.90 Å². The zero-order chi connectivity index (χ0) is 11.5. The lowest BCUT2D eigenvalue weighted by Gasteiger charge is -2.32. The van der Waals surface area contributed by atoms with Crippen LogP contribution in [-0.4, -0.2) is 40.6 Å². The van der Waals surface area contributed by atoms with Gasteiger partial charge in [0, 0.05) is 6.54 Å². The summed E-state index contributed by atoms with van der Waals surface area (Å²) >= 11 is 0. The summed E-state index contributed by atoms with van der Waals surface area (Å²) < 4.78 is 0. The van der Waals surface area contributed by atoms with Crippen molar-refractivity contribution in [3.8, 4) is 0 Å². The lowest BCUT2D eigenvalue weighted by Crippen LogP contribution is -2.55. The van der Waals surface area contributed by atoms with E-state index in [1.165, 1.54) is 0 Å². The van der Waals surface area contributed by atoms with E-state index in [1.54, 1.807) is 11.8 Å². The van der Waals surface area contributed by atoms with Crippen LogP contribution in [0.3, 0.4) is 0 Å². The third-order valence-corrected chi connectivity index (χ3v) is 3.11. The Morgan fingerprint density at radius 3 is 2.87 bits per heavy atom. The van der Waals surface area contributed by atoms with E-state index in [4.69, 9.17) is 10.8 Å². The predicted molar refractivity (Wildman–Crippen MR) is 59.3 cm³/mol. The maximum absolute atomic E-state index is 12.1. The van der Waals surface area contributed by atoms with Crippen LogP contribution in [-0.2, 0) is 4.79 Å². The number of carbonyl (C=O) groups excluding carboxylic acids is 1. The highest BCUT2D eigenvalue weighted by Gasteiger charge is 2.37. The van der Waals surface area contributed by atoms with E-state index in [1.807, 2.05) is 6.92 Å². The van der Waals surface area contributed by atoms with E-state index < -0.39 is 5.54 Å². The van der Waals surface area contributed by atoms with Crippen LogP contribution in [0.1, 0.15) is 39.5 Å². The highest BCUT2D eigenvalue weighted by Crippen LogP contribution is 2.22. The van der Waals surface area contributed by atoms with Gasteiger partial charge in [-0.05, 0) is 26.2 Å². The predicted octanol–water partition coefficient (Wildman–Crippen LogP) is 0.487. The van der Waals surface area contributed by atoms with Crippen LogP contribution < -0.4 is 5.73 Å². The molecule has 4 heteroatoms. The normalized spacial score (nSPS) is 25.3. The number of hydrogen-bond acceptors (Lipinski definition) is 3. The minimum absolute atomic E-state index is 0.0131. The van der Waals surface area contributed by atoms with Crippen molar-refractivity contribution < 1.29 is 9.90 Å². The molecule has 88 valence electrons. The lowest BCUT2D eigenvalue weighted by atomic mass is 9.95. The summed E-state index contributed by atoms with van der Waals surface area (Å²) in [5.74, 6) is -0.0131. The average Bonchev–Trinajstić information content (AvgIpc) is 2.63. The van der Waals surface area contributed by atoms with Crippen LogP contribution in [0.5, 0.6) is 0 Å². The SMILES string of the molecule is CCCC(C)(N)C(=O)N1CCCC1CO. The molecule has 1 heterocycles. The summed E-state index contributed by atoms with van der Waals surface area (Å²) in [5, 5.41) is 9.15. The lowest BCUT2D eigenvalue weighted by molar-refractivity contribution is -0.138. The van der Waals surface area contributed by atoms with Gasteiger partial charge in [-0.25, -0.2) is 0 Å². The summed E-state index contributed by atoms with van der Waals surface area (Å²) in [4.78, 5) is 13.9. The fourth-order valence-corrected chi connectivity index (χ4v) is 2.25. The van der Waals surface area contributed by atoms with E-state index in [9.17, 15) is 4.79 Å². The third-order valence-electron chi connectivity index (χ3n) is 3.11. The second-order valence-corrected chi connectivity index (χ2v) is 4.64. The Balaban J connectivity index is 2.66. The zero-order valence-electron chi connectivity index (χ0n) is 9.70. The molecule has 0 aromatic rings. The molecule has 1 fully saturated rings. The number of carbonyl (C=O) groups is 1. The molecule has 2 unspecified atom stereocenters. The van der Waals surface area contributed by atoms with Gasteiger partial charge in [0.25, 0.3) is 0 Å². The Morgan fingerprint density at radius 1 is 1.67 bits per heavy atom. The molecular weight excluding hydrogens is 192 g/mol. The van der Waals surface area contributed by atoms with Crippen LogP contribution in [0.25, 0.3) is 0 Å². The first-order chi connectivity index (χ1) is 7.03. The number of likely N-dealkylation sites (tertiary alicyclic amines) is 1. The Hall–Kier alpha value is -0.610. The van der Waals surface area contributed by atoms with Gasteiger partial charge in [0.2, 0.25) is 5.91 Å². The maximum Gasteiger partial charge on any atom is 0.242 e. The van der Waals surface area contributed by atoms with Crippen molar-refractivity contribution in [3.05, 3.63) is 0 Å². The van der Waals surface area contributed by atoms with Gasteiger partial charge in [-0.3, -0.25) is 4.79 Å². The van der Waals surface area contributed by atoms with Gasteiger partial charge in [0.1, 0.15) is 0 Å². The smallest absolute Gasteiger partial charge is 0.242 e. The number of nitrogens with zero attached hydrogens (tertiary/aromatic N) is 1. The fraction of sp³-hybridized carbons (Fsp3) is 0.909. The average molecular weight is 214 g/mol. The molecular formula is C11H22N2O2. The Bertz CT molecular complexity index is 229. The monoisotopic (exact) mass is 214 g/mol. The molecule has 0 bridgehead atoms. The van der Waals surface area contributed by atoms with Crippen molar-refractivity contribution in [2.24, 2.45) is 5.73 Å². The van der Waals surface area contributed by atoms with Crippen LogP contribution >= 0.6 is 0 Å². The topological polar surface area (TPSA) is 66.6 Å². The van der Waals surface area contributed by atoms with Crippen LogP contribution in [0.15, 0.2) is 0 Å². The highest BCUT2D eigenvalue weighted by molar-refractivity contribution is 5.86. The van der Waals surface area contributed by atoms with Gasteiger partial charge >= 0.3 is 0 Å². The molecule has 0 aromatic carbocycles. The Morgan fingerprint density at radius 2 is 2.33 bits per heavy atom. The van der Waals surface area contributed by atoms with Crippen molar-refractivity contribution in [2.75, 3.05) is 13.2 Å². The van der Waals surface area contributed by atoms with Crippen molar-refractivity contribution >= 4 is 5.91 Å². The molecule has 15 heavy (non-hydrogen) atoms. The largest absolute Gasteiger partial charge is 0.394 e. The molecule has 0 spiro atoms. The summed E-state index contributed by atoms with van der Waals surface area (Å²) in [6.45, 7) is 4.59. The standard InChI is InChI=1S/C11H22N2O2/c1-3-6-11(2,12)10(15)13-7-4-5-9(13)8-14/h9,14H,3-8,12H2,1-2H3. The summed E-state index contributed by atoms with van der Waals surface area (Å²) in [5.41, 5.74) is 5.22. The van der Waals surface area contributed by atoms with Gasteiger partial charge in [-0.1, -0.05) is 13.3 Å². The van der Waals surface area contributed by atoms with E-state index in [2.05, 4.69) is 0 Å². The van der Waals surface area contributed by atoms with Crippen molar-refractivity contribution in [2.45, 2.75) is 51.1 Å². The first-order valence-corrected chi connectivity index (χ1v) is 5.73. The molecule has 1 aliphatic rings. The number of aliphatic hydroxyl groups is 1. The van der Waals surface area contributed by atoms with E-state index in [-0.39, 0.29) is 18.6 Å². The second kappa shape index (κ2) is 4.94. The number of hydrogen-bond donors (Lipinski definition) is 2. The molecule has 2 atom stereocenters. The first-order valence-electron chi connectivity index (χ1n) is 5.73. The molecule has 0 aromatic heterocycles. The molecule has 4 nitrogen and oxygen atoms in total. The Kier molecular flexibility index (Phi) is 4.11. The van der Waals surface area contributed by atoms with E-state index in [0.717, 1.165) is 25.8 Å². The van der Waals surface area contributed by atoms with E-state index >= 15 is 0 Å². The molecule has 1 aliphatic heterocycles. The summed E-state index contributed by atoms with van der Waals surface area (Å²) in [6.07, 6.45) is 3.46. The first kappa shape index (κ1) is 12.5. The van der Waals surface area contributed by atoms with E-state index in [0.29, 0.717) is 6.42 Å². The number of aliphatic hydroxyl groups excluding tert-OH is 1. The Labute approximate surface area is 91.4 Å². The molecule has 1 rings (SSSR count). The number of rotatable bonds is 4. The van der Waals surface area contributed by atoms with Gasteiger partial charge in [-0.2, -0.15) is 0 Å². The molecule has 3 N–H and O–H groups in total. The fourth-order valence-electron chi connectivity index (χ4n) is 2.25. The summed E-state index contributed by atoms with van der Waals surface area (Å²) in [6, 6.07) is -0.0165. The van der Waals surface area contributed by atoms with Gasteiger partial charge < -0.3 is 15.7 Å². The van der Waals surface area contributed by atoms with Crippen molar-refractivity contribution in [1.29, 1.82) is 0 Å². The molecule has 1 amide bonds. The number of amides is 1. The highest BCUT2D eigenvalue weighted by atomic mass is 16.3.